The summed E-state index contributed by atoms with van der Waals surface area (Å²) in [7, 11) is 3.98. The predicted molar refractivity (Wildman–Crippen MR) is 96.9 cm³/mol. The second-order valence-electron chi connectivity index (χ2n) is 6.11. The number of rotatable bonds is 7. The van der Waals surface area contributed by atoms with Gasteiger partial charge in [-0.2, -0.15) is 5.26 Å². The molecule has 0 saturated carbocycles. The molecule has 7 heteroatoms. The molecular formula is C17H21N3O2S2. The molecule has 1 atom stereocenters. The normalized spacial score (nSPS) is 20.5. The predicted octanol–water partition coefficient (Wildman–Crippen LogP) is 3.26. The molecule has 0 spiro atoms. The Morgan fingerprint density at radius 1 is 1.46 bits per heavy atom. The molecule has 3 heterocycles. The molecule has 0 N–H and O–H groups in total. The van der Waals surface area contributed by atoms with E-state index in [1.54, 1.807) is 18.3 Å². The van der Waals surface area contributed by atoms with E-state index in [9.17, 15) is 4.79 Å². The van der Waals surface area contributed by atoms with Crippen LogP contribution in [0.2, 0.25) is 0 Å². The van der Waals surface area contributed by atoms with Crippen LogP contribution in [0.1, 0.15) is 37.7 Å². The van der Waals surface area contributed by atoms with Crippen molar-refractivity contribution < 1.29 is 9.53 Å². The maximum Gasteiger partial charge on any atom is 0.222 e. The number of carbonyl (C=O) groups is 1. The third-order valence-corrected chi connectivity index (χ3v) is 7.25. The molecule has 1 aromatic rings. The maximum atomic E-state index is 12.1. The molecule has 2 fully saturated rings. The van der Waals surface area contributed by atoms with Gasteiger partial charge in [0.05, 0.1) is 24.7 Å². The van der Waals surface area contributed by atoms with Crippen molar-refractivity contribution in [3.8, 4) is 11.9 Å². The second kappa shape index (κ2) is 8.63. The molecular weight excluding hydrogens is 342 g/mol. The van der Waals surface area contributed by atoms with Gasteiger partial charge in [-0.05, 0) is 25.3 Å². The Bertz CT molecular complexity index is 608. The Hall–Kier alpha value is -1.39. The van der Waals surface area contributed by atoms with Crippen molar-refractivity contribution in [1.29, 1.82) is 5.26 Å². The minimum Gasteiger partial charge on any atom is -0.471 e. The molecule has 1 unspecified atom stereocenters. The van der Waals surface area contributed by atoms with E-state index in [1.165, 1.54) is 18.6 Å². The summed E-state index contributed by atoms with van der Waals surface area (Å²) in [5.74, 6) is 1.95. The number of aromatic nitrogens is 1. The number of likely N-dealkylation sites (tertiary alicyclic amines) is 1. The maximum absolute atomic E-state index is 12.1. The molecule has 2 aliphatic rings. The molecule has 0 aliphatic carbocycles. The van der Waals surface area contributed by atoms with E-state index >= 15 is 0 Å². The summed E-state index contributed by atoms with van der Waals surface area (Å²) in [5, 5.41) is 9.66. The first-order chi connectivity index (χ1) is 11.7. The average molecular weight is 364 g/mol. The third-order valence-electron chi connectivity index (χ3n) is 4.25. The summed E-state index contributed by atoms with van der Waals surface area (Å²) in [6, 6.07) is 5.34. The lowest BCUT2D eigenvalue weighted by molar-refractivity contribution is -0.140. The zero-order valence-corrected chi connectivity index (χ0v) is 15.2. The zero-order chi connectivity index (χ0) is 16.8. The van der Waals surface area contributed by atoms with Gasteiger partial charge in [0.1, 0.15) is 6.10 Å². The minimum absolute atomic E-state index is 0.0118. The lowest BCUT2D eigenvalue weighted by atomic mass is 10.1. The van der Waals surface area contributed by atoms with Crippen LogP contribution in [0.5, 0.6) is 5.88 Å². The van der Waals surface area contributed by atoms with Crippen LogP contribution >= 0.6 is 21.6 Å². The van der Waals surface area contributed by atoms with Crippen molar-refractivity contribution in [2.75, 3.05) is 18.8 Å². The summed E-state index contributed by atoms with van der Waals surface area (Å²) in [5.41, 5.74) is 0.533. The van der Waals surface area contributed by atoms with E-state index in [1.807, 2.05) is 26.5 Å². The first kappa shape index (κ1) is 17.4. The van der Waals surface area contributed by atoms with Crippen molar-refractivity contribution in [2.45, 2.75) is 43.5 Å². The first-order valence-corrected chi connectivity index (χ1v) is 10.7. The van der Waals surface area contributed by atoms with Crippen molar-refractivity contribution >= 4 is 27.5 Å². The fourth-order valence-corrected chi connectivity index (χ4v) is 5.83. The number of ether oxygens (including phenoxy) is 1. The largest absolute Gasteiger partial charge is 0.471 e. The molecule has 128 valence electrons. The number of amides is 1. The molecule has 5 nitrogen and oxygen atoms in total. The van der Waals surface area contributed by atoms with Crippen LogP contribution in [0.4, 0.5) is 0 Å². The number of nitriles is 1. The topological polar surface area (TPSA) is 66.2 Å². The Labute approximate surface area is 150 Å². The highest BCUT2D eigenvalue weighted by molar-refractivity contribution is 8.77. The number of hydrogen-bond donors (Lipinski definition) is 0. The van der Waals surface area contributed by atoms with Crippen molar-refractivity contribution in [3.63, 3.8) is 0 Å². The fraction of sp³-hybridized carbons (Fsp3) is 0.588. The van der Waals surface area contributed by atoms with Gasteiger partial charge >= 0.3 is 0 Å². The fourth-order valence-electron chi connectivity index (χ4n) is 2.80. The van der Waals surface area contributed by atoms with E-state index in [4.69, 9.17) is 10.00 Å². The Morgan fingerprint density at radius 3 is 3.08 bits per heavy atom. The summed E-state index contributed by atoms with van der Waals surface area (Å²) in [4.78, 5) is 18.1. The van der Waals surface area contributed by atoms with Gasteiger partial charge in [0.15, 0.2) is 0 Å². The number of unbranched alkanes of at least 4 members (excludes halogenated alkanes) is 1. The van der Waals surface area contributed by atoms with Gasteiger partial charge in [-0.15, -0.1) is 0 Å². The smallest absolute Gasteiger partial charge is 0.222 e. The summed E-state index contributed by atoms with van der Waals surface area (Å²) < 4.78 is 5.71. The van der Waals surface area contributed by atoms with Crippen LogP contribution in [0.15, 0.2) is 18.3 Å². The van der Waals surface area contributed by atoms with Crippen LogP contribution < -0.4 is 4.74 Å². The Balaban J connectivity index is 1.30. The van der Waals surface area contributed by atoms with E-state index in [2.05, 4.69) is 11.1 Å². The third kappa shape index (κ3) is 4.81. The van der Waals surface area contributed by atoms with E-state index in [0.29, 0.717) is 31.0 Å². The SMILES string of the molecule is N#Cc1ccnc(OC2CN(C(=O)CCCCC3CCSS3)C2)c1. The monoisotopic (exact) mass is 363 g/mol. The van der Waals surface area contributed by atoms with Gasteiger partial charge in [-0.3, -0.25) is 4.79 Å². The molecule has 1 aromatic heterocycles. The molecule has 2 saturated heterocycles. The minimum atomic E-state index is -0.0118. The number of pyridine rings is 1. The van der Waals surface area contributed by atoms with Crippen LogP contribution in [0.3, 0.4) is 0 Å². The van der Waals surface area contributed by atoms with Crippen molar-refractivity contribution in [3.05, 3.63) is 23.9 Å². The molecule has 0 bridgehead atoms. The Morgan fingerprint density at radius 2 is 2.33 bits per heavy atom. The highest BCUT2D eigenvalue weighted by Crippen LogP contribution is 2.39. The van der Waals surface area contributed by atoms with E-state index in [0.717, 1.165) is 18.1 Å². The highest BCUT2D eigenvalue weighted by atomic mass is 33.1. The van der Waals surface area contributed by atoms with Gasteiger partial charge in [0.25, 0.3) is 0 Å². The van der Waals surface area contributed by atoms with Gasteiger partial charge < -0.3 is 9.64 Å². The molecule has 0 radical (unpaired) electrons. The van der Waals surface area contributed by atoms with E-state index in [-0.39, 0.29) is 12.0 Å². The molecule has 24 heavy (non-hydrogen) atoms. The highest BCUT2D eigenvalue weighted by Gasteiger charge is 2.32. The quantitative estimate of drug-likeness (QED) is 0.547. The van der Waals surface area contributed by atoms with Crippen LogP contribution in [-0.4, -0.2) is 46.0 Å². The second-order valence-corrected chi connectivity index (χ2v) is 8.90. The van der Waals surface area contributed by atoms with Crippen molar-refractivity contribution in [1.82, 2.24) is 9.88 Å². The van der Waals surface area contributed by atoms with Gasteiger partial charge in [0, 0.05) is 29.7 Å². The molecule has 2 aliphatic heterocycles. The number of carbonyl (C=O) groups excluding carboxylic acids is 1. The summed E-state index contributed by atoms with van der Waals surface area (Å²) in [6.45, 7) is 1.23. The average Bonchev–Trinajstić information content (AvgIpc) is 3.08. The van der Waals surface area contributed by atoms with E-state index < -0.39 is 0 Å². The van der Waals surface area contributed by atoms with Crippen LogP contribution in [-0.2, 0) is 4.79 Å². The molecule has 3 rings (SSSR count). The van der Waals surface area contributed by atoms with Crippen LogP contribution in [0.25, 0.3) is 0 Å². The first-order valence-electron chi connectivity index (χ1n) is 8.33. The number of hydrogen-bond acceptors (Lipinski definition) is 6. The zero-order valence-electron chi connectivity index (χ0n) is 13.5. The Kier molecular flexibility index (Phi) is 6.27. The molecule has 1 amide bonds. The van der Waals surface area contributed by atoms with Gasteiger partial charge in [-0.25, -0.2) is 4.98 Å². The summed E-state index contributed by atoms with van der Waals surface area (Å²) in [6.07, 6.45) is 6.86. The van der Waals surface area contributed by atoms with Gasteiger partial charge in [0.2, 0.25) is 11.8 Å². The van der Waals surface area contributed by atoms with Crippen LogP contribution in [0, 0.1) is 11.3 Å². The lowest BCUT2D eigenvalue weighted by Crippen LogP contribution is -2.56. The standard InChI is InChI=1S/C17H21N3O2S2/c18-10-13-5-7-19-16(9-13)22-14-11-20(12-14)17(21)4-2-1-3-15-6-8-23-24-15/h5,7,9,14-15H,1-4,6,8,11-12H2. The lowest BCUT2D eigenvalue weighted by Gasteiger charge is -2.38. The van der Waals surface area contributed by atoms with Crippen molar-refractivity contribution in [2.24, 2.45) is 0 Å². The number of nitrogens with zero attached hydrogens (tertiary/aromatic N) is 3. The molecule has 0 aromatic carbocycles. The van der Waals surface area contributed by atoms with Gasteiger partial charge in [-0.1, -0.05) is 28.0 Å². The summed E-state index contributed by atoms with van der Waals surface area (Å²) >= 11 is 0.